The number of hydrogen-bond acceptors (Lipinski definition) is 5. The van der Waals surface area contributed by atoms with E-state index >= 15 is 0 Å². The summed E-state index contributed by atoms with van der Waals surface area (Å²) in [5.41, 5.74) is 1.90. The highest BCUT2D eigenvalue weighted by molar-refractivity contribution is 7.16. The number of rotatable bonds is 3. The van der Waals surface area contributed by atoms with Gasteiger partial charge in [-0.25, -0.2) is 4.98 Å². The Labute approximate surface area is 171 Å². The first-order valence-electron chi connectivity index (χ1n) is 9.95. The molecule has 0 spiro atoms. The predicted octanol–water partition coefficient (Wildman–Crippen LogP) is 4.77. The zero-order valence-corrected chi connectivity index (χ0v) is 17.8. The number of aldehydes is 1. The molecule has 2 heterocycles. The third-order valence-electron chi connectivity index (χ3n) is 5.06. The summed E-state index contributed by atoms with van der Waals surface area (Å²) in [4.78, 5) is 18.6. The molecule has 0 bridgehead atoms. The normalized spacial score (nSPS) is 15.1. The monoisotopic (exact) mass is 395 g/mol. The van der Waals surface area contributed by atoms with Crippen LogP contribution in [-0.4, -0.2) is 48.4 Å². The van der Waals surface area contributed by atoms with Crippen LogP contribution in [-0.2, 0) is 0 Å². The second-order valence-electron chi connectivity index (χ2n) is 7.35. The third kappa shape index (κ3) is 5.04. The molecule has 5 heteroatoms. The molecule has 28 heavy (non-hydrogen) atoms. The van der Waals surface area contributed by atoms with Gasteiger partial charge in [0.1, 0.15) is 5.01 Å². The first-order valence-corrected chi connectivity index (χ1v) is 10.8. The second-order valence-corrected chi connectivity index (χ2v) is 8.38. The van der Waals surface area contributed by atoms with Gasteiger partial charge < -0.3 is 5.32 Å². The van der Waals surface area contributed by atoms with Crippen LogP contribution in [0.25, 0.3) is 21.3 Å². The lowest BCUT2D eigenvalue weighted by atomic mass is 10.1. The fraction of sp³-hybridized carbons (Fsp3) is 0.391. The second kappa shape index (κ2) is 9.92. The van der Waals surface area contributed by atoms with Crippen LogP contribution in [0.3, 0.4) is 0 Å². The van der Waals surface area contributed by atoms with Crippen LogP contribution in [0.1, 0.15) is 35.6 Å². The number of thiazole rings is 1. The van der Waals surface area contributed by atoms with Crippen LogP contribution < -0.4 is 5.32 Å². The Kier molecular flexibility index (Phi) is 7.31. The van der Waals surface area contributed by atoms with E-state index in [1.54, 1.807) is 0 Å². The van der Waals surface area contributed by atoms with E-state index in [4.69, 9.17) is 0 Å². The minimum Gasteiger partial charge on any atom is -0.315 e. The van der Waals surface area contributed by atoms with Crippen molar-refractivity contribution in [3.05, 3.63) is 53.0 Å². The Bertz CT molecular complexity index is 906. The number of hydrogen-bond donors (Lipinski definition) is 1. The molecule has 0 radical (unpaired) electrons. The minimum atomic E-state index is 0.706. The van der Waals surface area contributed by atoms with Gasteiger partial charge in [-0.3, -0.25) is 9.69 Å². The van der Waals surface area contributed by atoms with Gasteiger partial charge in [0, 0.05) is 24.7 Å². The molecular formula is C23H29N3OS. The number of aryl methyl sites for hydroxylation is 1. The van der Waals surface area contributed by atoms with Crippen molar-refractivity contribution in [1.29, 1.82) is 0 Å². The van der Waals surface area contributed by atoms with Gasteiger partial charge in [0.15, 0.2) is 6.29 Å². The van der Waals surface area contributed by atoms with Crippen LogP contribution >= 0.6 is 11.3 Å². The predicted molar refractivity (Wildman–Crippen MR) is 119 cm³/mol. The first kappa shape index (κ1) is 20.6. The number of aromatic nitrogens is 1. The zero-order chi connectivity index (χ0) is 19.9. The van der Waals surface area contributed by atoms with Gasteiger partial charge in [-0.2, -0.15) is 0 Å². The van der Waals surface area contributed by atoms with Crippen LogP contribution in [0.15, 0.2) is 42.5 Å². The van der Waals surface area contributed by atoms with E-state index in [0.29, 0.717) is 4.88 Å². The topological polar surface area (TPSA) is 45.2 Å². The number of fused-ring (bicyclic) bond motifs is 1. The largest absolute Gasteiger partial charge is 0.315 e. The third-order valence-corrected chi connectivity index (χ3v) is 6.18. The Morgan fingerprint density at radius 1 is 1.11 bits per heavy atom. The Hall–Kier alpha value is -2.08. The molecule has 0 unspecified atom stereocenters. The van der Waals surface area contributed by atoms with Crippen molar-refractivity contribution in [1.82, 2.24) is 15.2 Å². The Morgan fingerprint density at radius 3 is 2.64 bits per heavy atom. The van der Waals surface area contributed by atoms with E-state index in [1.807, 2.05) is 25.1 Å². The van der Waals surface area contributed by atoms with Crippen molar-refractivity contribution in [2.24, 2.45) is 0 Å². The van der Waals surface area contributed by atoms with Gasteiger partial charge in [0.2, 0.25) is 0 Å². The lowest BCUT2D eigenvalue weighted by Crippen LogP contribution is -2.33. The maximum atomic E-state index is 10.9. The van der Waals surface area contributed by atoms with E-state index in [9.17, 15) is 4.79 Å². The fourth-order valence-electron chi connectivity index (χ4n) is 3.43. The van der Waals surface area contributed by atoms with Crippen molar-refractivity contribution in [2.45, 2.75) is 33.2 Å². The lowest BCUT2D eigenvalue weighted by Gasteiger charge is -2.23. The molecular weight excluding hydrogens is 366 g/mol. The van der Waals surface area contributed by atoms with Crippen molar-refractivity contribution in [2.75, 3.05) is 26.2 Å². The van der Waals surface area contributed by atoms with Gasteiger partial charge in [0.05, 0.1) is 10.6 Å². The lowest BCUT2D eigenvalue weighted by molar-refractivity contribution is 0.112. The molecule has 3 aromatic rings. The summed E-state index contributed by atoms with van der Waals surface area (Å²) in [7, 11) is 0. The molecule has 0 atom stereocenters. The summed E-state index contributed by atoms with van der Waals surface area (Å²) in [5.74, 6) is 0. The molecule has 1 aliphatic heterocycles. The van der Waals surface area contributed by atoms with E-state index in [-0.39, 0.29) is 0 Å². The van der Waals surface area contributed by atoms with Crippen molar-refractivity contribution in [3.63, 3.8) is 0 Å². The number of benzene rings is 2. The highest BCUT2D eigenvalue weighted by atomic mass is 32.1. The molecule has 1 aromatic heterocycles. The van der Waals surface area contributed by atoms with Gasteiger partial charge in [-0.05, 0) is 51.1 Å². The van der Waals surface area contributed by atoms with Crippen LogP contribution in [0, 0.1) is 6.92 Å². The first-order chi connectivity index (χ1) is 13.6. The molecule has 0 aliphatic carbocycles. The molecule has 4 rings (SSSR count). The Balaban J connectivity index is 0.000000192. The average Bonchev–Trinajstić information content (AvgIpc) is 2.91. The SMILES string of the molecule is CC(C)N1CCCNCC1.Cc1nc(-c2cccc3ccccc23)sc1C=O. The summed E-state index contributed by atoms with van der Waals surface area (Å²) < 4.78 is 0. The average molecular weight is 396 g/mol. The highest BCUT2D eigenvalue weighted by Crippen LogP contribution is 2.32. The number of nitrogens with one attached hydrogen (secondary N) is 1. The van der Waals surface area contributed by atoms with Crippen LogP contribution in [0.5, 0.6) is 0 Å². The standard InChI is InChI=1S/C15H11NOS.C8H18N2/c1-10-14(9-17)18-15(16-10)13-8-4-6-11-5-2-3-7-12(11)13;1-8(2)10-6-3-4-9-5-7-10/h2-9H,1H3;8-9H,3-7H2,1-2H3. The number of carbonyl (C=O) groups is 1. The maximum Gasteiger partial charge on any atom is 0.161 e. The number of carbonyl (C=O) groups excluding carboxylic acids is 1. The van der Waals surface area contributed by atoms with E-state index in [2.05, 4.69) is 53.3 Å². The summed E-state index contributed by atoms with van der Waals surface area (Å²) >= 11 is 1.45. The van der Waals surface area contributed by atoms with Crippen LogP contribution in [0.2, 0.25) is 0 Å². The molecule has 0 amide bonds. The number of nitrogens with zero attached hydrogens (tertiary/aromatic N) is 2. The smallest absolute Gasteiger partial charge is 0.161 e. The molecule has 1 saturated heterocycles. The quantitative estimate of drug-likeness (QED) is 0.649. The minimum absolute atomic E-state index is 0.706. The molecule has 2 aromatic carbocycles. The zero-order valence-electron chi connectivity index (χ0n) is 16.9. The van der Waals surface area contributed by atoms with E-state index in [1.165, 1.54) is 48.2 Å². The maximum absolute atomic E-state index is 10.9. The molecule has 148 valence electrons. The molecule has 1 N–H and O–H groups in total. The van der Waals surface area contributed by atoms with Crippen molar-refractivity contribution >= 4 is 28.4 Å². The van der Waals surface area contributed by atoms with E-state index in [0.717, 1.165) is 35.1 Å². The van der Waals surface area contributed by atoms with Gasteiger partial charge in [-0.15, -0.1) is 11.3 Å². The highest BCUT2D eigenvalue weighted by Gasteiger charge is 2.11. The summed E-state index contributed by atoms with van der Waals surface area (Å²) in [5, 5.41) is 6.66. The van der Waals surface area contributed by atoms with Gasteiger partial charge in [0.25, 0.3) is 0 Å². The Morgan fingerprint density at radius 2 is 1.89 bits per heavy atom. The molecule has 0 saturated carbocycles. The summed E-state index contributed by atoms with van der Waals surface area (Å²) in [6.07, 6.45) is 2.18. The summed E-state index contributed by atoms with van der Waals surface area (Å²) in [6.45, 7) is 11.3. The molecule has 4 nitrogen and oxygen atoms in total. The fourth-order valence-corrected chi connectivity index (χ4v) is 4.35. The van der Waals surface area contributed by atoms with E-state index < -0.39 is 0 Å². The van der Waals surface area contributed by atoms with Crippen molar-refractivity contribution in [3.8, 4) is 10.6 Å². The van der Waals surface area contributed by atoms with Crippen LogP contribution in [0.4, 0.5) is 0 Å². The molecule has 1 fully saturated rings. The van der Waals surface area contributed by atoms with Crippen molar-refractivity contribution < 1.29 is 4.79 Å². The summed E-state index contributed by atoms with van der Waals surface area (Å²) in [6, 6.07) is 15.1. The molecule has 1 aliphatic rings. The van der Waals surface area contributed by atoms with Gasteiger partial charge >= 0.3 is 0 Å². The van der Waals surface area contributed by atoms with Gasteiger partial charge in [-0.1, -0.05) is 42.5 Å².